The van der Waals surface area contributed by atoms with Crippen molar-refractivity contribution in [3.8, 4) is 23.6 Å². The van der Waals surface area contributed by atoms with E-state index in [1.54, 1.807) is 30.3 Å². The van der Waals surface area contributed by atoms with Gasteiger partial charge in [0.05, 0.1) is 17.2 Å². The largest absolute Gasteiger partial charge is 0.455 e. The third-order valence-electron chi connectivity index (χ3n) is 2.87. The molecule has 98 valence electrons. The van der Waals surface area contributed by atoms with Crippen LogP contribution >= 0.6 is 11.6 Å². The average molecular weight is 283 g/mol. The second kappa shape index (κ2) is 5.65. The predicted octanol–water partition coefficient (Wildman–Crippen LogP) is 4.49. The Bertz CT molecular complexity index is 731. The van der Waals surface area contributed by atoms with Gasteiger partial charge in [-0.15, -0.1) is 0 Å². The number of halogens is 1. The maximum absolute atomic E-state index is 9.09. The normalized spacial score (nSPS) is 9.65. The molecule has 0 bridgehead atoms. The zero-order valence-corrected chi connectivity index (χ0v) is 11.8. The van der Waals surface area contributed by atoms with Crippen molar-refractivity contribution in [2.75, 3.05) is 0 Å². The third-order valence-corrected chi connectivity index (χ3v) is 3.10. The summed E-state index contributed by atoms with van der Waals surface area (Å²) in [5.74, 6) is 1.05. The van der Waals surface area contributed by atoms with Crippen LogP contribution in [-0.4, -0.2) is 0 Å². The molecule has 0 unspecified atom stereocenters. The van der Waals surface area contributed by atoms with E-state index in [2.05, 4.69) is 12.1 Å². The van der Waals surface area contributed by atoms with Crippen LogP contribution in [0.1, 0.15) is 22.3 Å². The maximum Gasteiger partial charge on any atom is 0.146 e. The molecule has 0 saturated carbocycles. The van der Waals surface area contributed by atoms with Crippen LogP contribution in [0.2, 0.25) is 5.02 Å². The van der Waals surface area contributed by atoms with E-state index < -0.39 is 0 Å². The summed E-state index contributed by atoms with van der Waals surface area (Å²) in [5.41, 5.74) is 2.67. The highest BCUT2D eigenvalue weighted by molar-refractivity contribution is 6.30. The highest BCUT2D eigenvalue weighted by atomic mass is 35.5. The van der Waals surface area contributed by atoms with Crippen LogP contribution in [0.5, 0.6) is 11.5 Å². The number of benzene rings is 2. The zero-order valence-electron chi connectivity index (χ0n) is 11.1. The van der Waals surface area contributed by atoms with Gasteiger partial charge in [-0.2, -0.15) is 10.5 Å². The van der Waals surface area contributed by atoms with E-state index in [0.717, 1.165) is 11.1 Å². The fraction of sp³-hybridized carbons (Fsp3) is 0.125. The van der Waals surface area contributed by atoms with E-state index in [0.29, 0.717) is 27.6 Å². The van der Waals surface area contributed by atoms with E-state index in [1.165, 1.54) is 0 Å². The van der Waals surface area contributed by atoms with Gasteiger partial charge in [-0.05, 0) is 49.2 Å². The van der Waals surface area contributed by atoms with E-state index in [1.807, 2.05) is 13.8 Å². The van der Waals surface area contributed by atoms with Crippen molar-refractivity contribution in [3.05, 3.63) is 57.6 Å². The summed E-state index contributed by atoms with van der Waals surface area (Å²) in [6.45, 7) is 3.72. The zero-order chi connectivity index (χ0) is 14.7. The number of hydrogen-bond donors (Lipinski definition) is 0. The van der Waals surface area contributed by atoms with Crippen molar-refractivity contribution in [2.45, 2.75) is 13.8 Å². The predicted molar refractivity (Wildman–Crippen MR) is 76.9 cm³/mol. The fourth-order valence-corrected chi connectivity index (χ4v) is 2.12. The number of nitrogens with zero attached hydrogens (tertiary/aromatic N) is 2. The Hall–Kier alpha value is -2.49. The molecule has 0 heterocycles. The first-order valence-electron chi connectivity index (χ1n) is 5.94. The van der Waals surface area contributed by atoms with E-state index in [9.17, 15) is 0 Å². The molecule has 0 radical (unpaired) electrons. The molecule has 0 aliphatic carbocycles. The van der Waals surface area contributed by atoms with Gasteiger partial charge >= 0.3 is 0 Å². The minimum atomic E-state index is 0.413. The van der Waals surface area contributed by atoms with Crippen molar-refractivity contribution in [2.24, 2.45) is 0 Å². The summed E-state index contributed by atoms with van der Waals surface area (Å²) < 4.78 is 5.83. The standard InChI is InChI=1S/C16H11ClN2O/c1-10-5-12(8-18)6-11(2)16(10)20-15-7-14(17)4-3-13(15)9-19/h3-7H,1-2H3. The molecule has 0 atom stereocenters. The van der Waals surface area contributed by atoms with Crippen LogP contribution in [0.4, 0.5) is 0 Å². The average Bonchev–Trinajstić information content (AvgIpc) is 2.42. The van der Waals surface area contributed by atoms with Gasteiger partial charge in [0, 0.05) is 11.1 Å². The number of ether oxygens (including phenoxy) is 1. The van der Waals surface area contributed by atoms with Gasteiger partial charge in [-0.3, -0.25) is 0 Å². The molecule has 2 rings (SSSR count). The molecule has 0 amide bonds. The van der Waals surface area contributed by atoms with Crippen molar-refractivity contribution < 1.29 is 4.74 Å². The van der Waals surface area contributed by atoms with Crippen LogP contribution in [0.15, 0.2) is 30.3 Å². The number of nitriles is 2. The van der Waals surface area contributed by atoms with Crippen molar-refractivity contribution in [1.82, 2.24) is 0 Å². The lowest BCUT2D eigenvalue weighted by Crippen LogP contribution is -1.94. The first-order chi connectivity index (χ1) is 9.55. The summed E-state index contributed by atoms with van der Waals surface area (Å²) in [4.78, 5) is 0. The number of hydrogen-bond acceptors (Lipinski definition) is 3. The molecule has 0 fully saturated rings. The number of aryl methyl sites for hydroxylation is 2. The molecule has 0 aliphatic rings. The van der Waals surface area contributed by atoms with Crippen LogP contribution in [0.25, 0.3) is 0 Å². The second-order valence-corrected chi connectivity index (χ2v) is 4.84. The van der Waals surface area contributed by atoms with Gasteiger partial charge in [0.25, 0.3) is 0 Å². The minimum Gasteiger partial charge on any atom is -0.455 e. The van der Waals surface area contributed by atoms with E-state index in [4.69, 9.17) is 26.9 Å². The van der Waals surface area contributed by atoms with E-state index >= 15 is 0 Å². The van der Waals surface area contributed by atoms with Gasteiger partial charge in [0.1, 0.15) is 17.6 Å². The van der Waals surface area contributed by atoms with Crippen molar-refractivity contribution in [3.63, 3.8) is 0 Å². The molecule has 2 aromatic carbocycles. The molecule has 20 heavy (non-hydrogen) atoms. The SMILES string of the molecule is Cc1cc(C#N)cc(C)c1Oc1cc(Cl)ccc1C#N. The fourth-order valence-electron chi connectivity index (χ4n) is 1.96. The molecule has 0 aromatic heterocycles. The summed E-state index contributed by atoms with van der Waals surface area (Å²) >= 11 is 5.93. The molecule has 3 nitrogen and oxygen atoms in total. The van der Waals surface area contributed by atoms with Crippen LogP contribution in [0.3, 0.4) is 0 Å². The van der Waals surface area contributed by atoms with Crippen LogP contribution in [0, 0.1) is 36.5 Å². The summed E-state index contributed by atoms with van der Waals surface area (Å²) in [6, 6.07) is 12.5. The Labute approximate surface area is 122 Å². The maximum atomic E-state index is 9.09. The monoisotopic (exact) mass is 282 g/mol. The van der Waals surface area contributed by atoms with Gasteiger partial charge in [0.2, 0.25) is 0 Å². The van der Waals surface area contributed by atoms with Crippen molar-refractivity contribution >= 4 is 11.6 Å². The smallest absolute Gasteiger partial charge is 0.146 e. The number of rotatable bonds is 2. The topological polar surface area (TPSA) is 56.8 Å². The Morgan fingerprint density at radius 1 is 1.00 bits per heavy atom. The summed E-state index contributed by atoms with van der Waals surface area (Å²) in [7, 11) is 0. The lowest BCUT2D eigenvalue weighted by Gasteiger charge is -2.13. The van der Waals surface area contributed by atoms with Crippen LogP contribution in [-0.2, 0) is 0 Å². The lowest BCUT2D eigenvalue weighted by atomic mass is 10.1. The highest BCUT2D eigenvalue weighted by Gasteiger charge is 2.11. The van der Waals surface area contributed by atoms with Crippen molar-refractivity contribution in [1.29, 1.82) is 10.5 Å². The second-order valence-electron chi connectivity index (χ2n) is 4.41. The van der Waals surface area contributed by atoms with Gasteiger partial charge in [0.15, 0.2) is 0 Å². The Morgan fingerprint density at radius 3 is 2.20 bits per heavy atom. The molecular formula is C16H11ClN2O. The van der Waals surface area contributed by atoms with Gasteiger partial charge in [-0.1, -0.05) is 11.6 Å². The first kappa shape index (κ1) is 13.9. The summed E-state index contributed by atoms with van der Waals surface area (Å²) in [6.07, 6.45) is 0. The Morgan fingerprint density at radius 2 is 1.65 bits per heavy atom. The highest BCUT2D eigenvalue weighted by Crippen LogP contribution is 2.33. The summed E-state index contributed by atoms with van der Waals surface area (Å²) in [5, 5.41) is 18.5. The Kier molecular flexibility index (Phi) is 3.94. The molecule has 0 spiro atoms. The van der Waals surface area contributed by atoms with E-state index in [-0.39, 0.29) is 0 Å². The van der Waals surface area contributed by atoms with Gasteiger partial charge < -0.3 is 4.74 Å². The lowest BCUT2D eigenvalue weighted by molar-refractivity contribution is 0.473. The Balaban J connectivity index is 2.49. The molecular weight excluding hydrogens is 272 g/mol. The van der Waals surface area contributed by atoms with Crippen LogP contribution < -0.4 is 4.74 Å². The molecule has 0 saturated heterocycles. The first-order valence-corrected chi connectivity index (χ1v) is 6.32. The quantitative estimate of drug-likeness (QED) is 0.815. The molecule has 2 aromatic rings. The molecule has 0 N–H and O–H groups in total. The third kappa shape index (κ3) is 2.74. The molecule has 0 aliphatic heterocycles. The molecule has 4 heteroatoms. The minimum absolute atomic E-state index is 0.413. The van der Waals surface area contributed by atoms with Gasteiger partial charge in [-0.25, -0.2) is 0 Å².